The van der Waals surface area contributed by atoms with Crippen LogP contribution >= 0.6 is 11.6 Å². The summed E-state index contributed by atoms with van der Waals surface area (Å²) in [5.41, 5.74) is -0.730. The maximum Gasteiger partial charge on any atom is 0.309 e. The maximum absolute atomic E-state index is 12.7. The first-order valence-corrected chi connectivity index (χ1v) is 16.1. The average molecular weight is 657 g/mol. The lowest BCUT2D eigenvalue weighted by molar-refractivity contribution is -0.157. The Labute approximate surface area is 273 Å². The van der Waals surface area contributed by atoms with E-state index in [1.54, 1.807) is 12.2 Å². The van der Waals surface area contributed by atoms with Crippen LogP contribution in [0.1, 0.15) is 94.4 Å². The van der Waals surface area contributed by atoms with E-state index < -0.39 is 65.4 Å². The number of aliphatic hydroxyl groups is 2. The molecule has 1 aliphatic heterocycles. The zero-order chi connectivity index (χ0) is 34.5. The first-order chi connectivity index (χ1) is 20.9. The highest BCUT2D eigenvalue weighted by Crippen LogP contribution is 2.29. The highest BCUT2D eigenvalue weighted by atomic mass is 35.5. The van der Waals surface area contributed by atoms with Gasteiger partial charge in [-0.3, -0.25) is 19.2 Å². The van der Waals surface area contributed by atoms with Crippen LogP contribution in [0.25, 0.3) is 0 Å². The van der Waals surface area contributed by atoms with Gasteiger partial charge in [0.25, 0.3) is 0 Å². The summed E-state index contributed by atoms with van der Waals surface area (Å²) < 4.78 is 22.2. The molecule has 0 saturated heterocycles. The number of alkyl halides is 1. The van der Waals surface area contributed by atoms with Crippen LogP contribution in [0.2, 0.25) is 0 Å². The van der Waals surface area contributed by atoms with Crippen LogP contribution in [-0.2, 0) is 38.1 Å². The first kappa shape index (κ1) is 40.3. The normalized spacial score (nSPS) is 29.2. The van der Waals surface area contributed by atoms with Crippen molar-refractivity contribution in [1.82, 2.24) is 0 Å². The molecule has 0 radical (unpaired) electrons. The highest BCUT2D eigenvalue weighted by Gasteiger charge is 2.36. The molecule has 1 heterocycles. The molecule has 10 atom stereocenters. The minimum Gasteiger partial charge on any atom is -0.462 e. The van der Waals surface area contributed by atoms with Gasteiger partial charge in [0.05, 0.1) is 17.9 Å². The molecule has 0 aromatic heterocycles. The molecule has 45 heavy (non-hydrogen) atoms. The van der Waals surface area contributed by atoms with Crippen molar-refractivity contribution in [2.75, 3.05) is 0 Å². The summed E-state index contributed by atoms with van der Waals surface area (Å²) in [7, 11) is 0. The number of allylic oxidation sites excluding steroid dienone is 3. The van der Waals surface area contributed by atoms with Crippen molar-refractivity contribution in [3.05, 3.63) is 36.0 Å². The van der Waals surface area contributed by atoms with Gasteiger partial charge in [-0.1, -0.05) is 52.0 Å². The van der Waals surface area contributed by atoms with Crippen LogP contribution in [-0.4, -0.2) is 75.6 Å². The molecule has 0 spiro atoms. The van der Waals surface area contributed by atoms with Crippen molar-refractivity contribution in [3.8, 4) is 0 Å². The largest absolute Gasteiger partial charge is 0.462 e. The van der Waals surface area contributed by atoms with Crippen molar-refractivity contribution in [2.45, 2.75) is 136 Å². The average Bonchev–Trinajstić information content (AvgIpc) is 2.93. The third-order valence-corrected chi connectivity index (χ3v) is 8.63. The molecule has 1 rings (SSSR count). The van der Waals surface area contributed by atoms with Gasteiger partial charge in [0, 0.05) is 32.6 Å². The number of cyclic esters (lactones) is 1. The molecule has 10 nitrogen and oxygen atoms in total. The second-order valence-corrected chi connectivity index (χ2v) is 13.0. The molecule has 0 saturated carbocycles. The molecular formula is C34H53ClO10. The third kappa shape index (κ3) is 14.5. The molecule has 0 aromatic rings. The van der Waals surface area contributed by atoms with Crippen LogP contribution in [0, 0.1) is 17.8 Å². The van der Waals surface area contributed by atoms with Gasteiger partial charge in [-0.05, 0) is 57.1 Å². The molecule has 0 amide bonds. The zero-order valence-electron chi connectivity index (χ0n) is 28.2. The van der Waals surface area contributed by atoms with Gasteiger partial charge >= 0.3 is 23.9 Å². The van der Waals surface area contributed by atoms with Crippen molar-refractivity contribution >= 4 is 35.5 Å². The lowest BCUT2D eigenvalue weighted by Gasteiger charge is -2.32. The van der Waals surface area contributed by atoms with Crippen molar-refractivity contribution in [1.29, 1.82) is 0 Å². The van der Waals surface area contributed by atoms with Gasteiger partial charge in [-0.15, -0.1) is 11.6 Å². The molecule has 0 aliphatic carbocycles. The Morgan fingerprint density at radius 3 is 2.24 bits per heavy atom. The molecule has 11 heteroatoms. The number of hydrogen-bond donors (Lipinski definition) is 2. The minimum absolute atomic E-state index is 0.0707. The number of aliphatic hydroxyl groups excluding tert-OH is 1. The molecule has 1 aliphatic rings. The quantitative estimate of drug-likeness (QED) is 0.0925. The predicted octanol–water partition coefficient (Wildman–Crippen LogP) is 5.36. The second kappa shape index (κ2) is 19.1. The number of rotatable bonds is 12. The van der Waals surface area contributed by atoms with Crippen LogP contribution in [0.4, 0.5) is 0 Å². The fraction of sp³-hybridized carbons (Fsp3) is 0.706. The SMILES string of the molecule is CCC(OC(C)=O)C(C)C(Cl)C(CC(C)/C=C/C=C(\C)C1OC(=O)CC(O)CCC(C)(O)C(OC(C)=O)/C=C/C1C)OC(C)=O. The Hall–Kier alpha value is -2.69. The standard InChI is InChI=1S/C34H53ClO10/c1-10-28(42-24(6)36)23(5)32(35)29(43-25(7)37)18-20(2)12-11-13-21(3)33-22(4)14-15-30(44-26(8)38)34(9,41)17-16-27(39)19-31(40)45-33/h11-15,20,22-23,27-30,32-33,39,41H,10,16-19H2,1-9H3/b12-11+,15-14+,21-13+. The van der Waals surface area contributed by atoms with Gasteiger partial charge in [0.2, 0.25) is 0 Å². The summed E-state index contributed by atoms with van der Waals surface area (Å²) in [5.74, 6) is -2.68. The van der Waals surface area contributed by atoms with Crippen molar-refractivity contribution in [3.63, 3.8) is 0 Å². The summed E-state index contributed by atoms with van der Waals surface area (Å²) in [6.45, 7) is 14.8. The Bertz CT molecular complexity index is 1080. The number of ether oxygens (including phenoxy) is 4. The maximum atomic E-state index is 12.7. The molecule has 10 unspecified atom stereocenters. The van der Waals surface area contributed by atoms with E-state index in [4.69, 9.17) is 30.5 Å². The Morgan fingerprint density at radius 2 is 1.69 bits per heavy atom. The van der Waals surface area contributed by atoms with E-state index in [0.29, 0.717) is 12.8 Å². The zero-order valence-corrected chi connectivity index (χ0v) is 28.9. The van der Waals surface area contributed by atoms with Crippen molar-refractivity contribution < 1.29 is 48.3 Å². The Morgan fingerprint density at radius 1 is 1.09 bits per heavy atom. The van der Waals surface area contributed by atoms with Gasteiger partial charge in [-0.2, -0.15) is 0 Å². The third-order valence-electron chi connectivity index (χ3n) is 7.95. The van der Waals surface area contributed by atoms with E-state index in [1.165, 1.54) is 27.7 Å². The van der Waals surface area contributed by atoms with Gasteiger partial charge in [-0.25, -0.2) is 0 Å². The van der Waals surface area contributed by atoms with E-state index in [2.05, 4.69) is 0 Å². The second-order valence-electron chi connectivity index (χ2n) is 12.5. The number of carbonyl (C=O) groups is 4. The topological polar surface area (TPSA) is 146 Å². The molecule has 256 valence electrons. The van der Waals surface area contributed by atoms with E-state index >= 15 is 0 Å². The summed E-state index contributed by atoms with van der Waals surface area (Å²) >= 11 is 6.78. The molecular weight excluding hydrogens is 604 g/mol. The fourth-order valence-electron chi connectivity index (χ4n) is 5.34. The summed E-state index contributed by atoms with van der Waals surface area (Å²) in [4.78, 5) is 47.9. The van der Waals surface area contributed by atoms with E-state index in [0.717, 1.165) is 5.57 Å². The molecule has 2 N–H and O–H groups in total. The molecule has 0 fully saturated rings. The van der Waals surface area contributed by atoms with Crippen LogP contribution in [0.3, 0.4) is 0 Å². The lowest BCUT2D eigenvalue weighted by atomic mass is 9.88. The van der Waals surface area contributed by atoms with Gasteiger partial charge in [0.15, 0.2) is 0 Å². The first-order valence-electron chi connectivity index (χ1n) is 15.7. The Balaban J connectivity index is 3.19. The minimum atomic E-state index is -1.45. The van der Waals surface area contributed by atoms with Crippen molar-refractivity contribution in [2.24, 2.45) is 17.8 Å². The van der Waals surface area contributed by atoms with Crippen LogP contribution in [0.5, 0.6) is 0 Å². The van der Waals surface area contributed by atoms with E-state index in [-0.39, 0.29) is 37.0 Å². The van der Waals surface area contributed by atoms with E-state index in [1.807, 2.05) is 52.8 Å². The number of carbonyl (C=O) groups excluding carboxylic acids is 4. The monoisotopic (exact) mass is 656 g/mol. The molecule has 0 bridgehead atoms. The van der Waals surface area contributed by atoms with E-state index in [9.17, 15) is 29.4 Å². The summed E-state index contributed by atoms with van der Waals surface area (Å²) in [6.07, 6.45) is 6.14. The number of halogens is 1. The summed E-state index contributed by atoms with van der Waals surface area (Å²) in [5, 5.41) is 20.8. The van der Waals surface area contributed by atoms with Gasteiger partial charge < -0.3 is 29.2 Å². The predicted molar refractivity (Wildman–Crippen MR) is 171 cm³/mol. The number of esters is 4. The Kier molecular flexibility index (Phi) is 17.1. The lowest BCUT2D eigenvalue weighted by Crippen LogP contribution is -2.42. The van der Waals surface area contributed by atoms with Crippen LogP contribution in [0.15, 0.2) is 36.0 Å². The smallest absolute Gasteiger partial charge is 0.309 e. The molecule has 0 aromatic carbocycles. The van der Waals surface area contributed by atoms with Crippen LogP contribution < -0.4 is 0 Å². The number of hydrogen-bond acceptors (Lipinski definition) is 10. The summed E-state index contributed by atoms with van der Waals surface area (Å²) in [6, 6.07) is 0. The highest BCUT2D eigenvalue weighted by molar-refractivity contribution is 6.21. The van der Waals surface area contributed by atoms with Gasteiger partial charge in [0.1, 0.15) is 30.0 Å². The fourth-order valence-corrected chi connectivity index (χ4v) is 5.66.